The Balaban J connectivity index is 1.74. The van der Waals surface area contributed by atoms with Crippen LogP contribution in [0.15, 0.2) is 54.6 Å². The minimum absolute atomic E-state index is 0.0226. The largest absolute Gasteiger partial charge is 0.488 e. The van der Waals surface area contributed by atoms with Crippen molar-refractivity contribution in [3.63, 3.8) is 0 Å². The molecule has 5 heteroatoms. The van der Waals surface area contributed by atoms with Gasteiger partial charge in [0.15, 0.2) is 0 Å². The van der Waals surface area contributed by atoms with E-state index in [-0.39, 0.29) is 18.4 Å². The van der Waals surface area contributed by atoms with Crippen LogP contribution in [0, 0.1) is 11.8 Å². The van der Waals surface area contributed by atoms with Gasteiger partial charge >= 0.3 is 0 Å². The zero-order chi connectivity index (χ0) is 19.9. The molecule has 1 heterocycles. The molecule has 2 aromatic rings. The molecule has 1 saturated heterocycles. The van der Waals surface area contributed by atoms with Gasteiger partial charge in [-0.1, -0.05) is 42.5 Å². The fourth-order valence-electron chi connectivity index (χ4n) is 3.94. The van der Waals surface area contributed by atoms with Crippen LogP contribution in [-0.4, -0.2) is 61.2 Å². The van der Waals surface area contributed by atoms with Gasteiger partial charge < -0.3 is 19.6 Å². The standard InChI is InChI=1S/C23H30N2O3/c1-24(2)13-19-12-20(16-26)15-25(14-19)23(27)21-10-6-7-11-22(21)28-17-18-8-4-3-5-9-18/h3-11,19-20,26H,12-17H2,1-2H3/t19-,20+/m0/s1. The van der Waals surface area contributed by atoms with Gasteiger partial charge in [0.25, 0.3) is 5.91 Å². The van der Waals surface area contributed by atoms with Crippen LogP contribution >= 0.6 is 0 Å². The van der Waals surface area contributed by atoms with E-state index >= 15 is 0 Å². The number of likely N-dealkylation sites (tertiary alicyclic amines) is 1. The predicted octanol–water partition coefficient (Wildman–Crippen LogP) is 2.90. The molecule has 2 aromatic carbocycles. The van der Waals surface area contributed by atoms with E-state index in [4.69, 9.17) is 4.74 Å². The summed E-state index contributed by atoms with van der Waals surface area (Å²) in [7, 11) is 4.09. The van der Waals surface area contributed by atoms with Gasteiger partial charge in [0.1, 0.15) is 12.4 Å². The summed E-state index contributed by atoms with van der Waals surface area (Å²) >= 11 is 0. The molecule has 0 saturated carbocycles. The van der Waals surface area contributed by atoms with E-state index in [1.165, 1.54) is 0 Å². The second kappa shape index (κ2) is 9.71. The van der Waals surface area contributed by atoms with Gasteiger partial charge in [0.05, 0.1) is 5.56 Å². The molecule has 1 N–H and O–H groups in total. The minimum Gasteiger partial charge on any atom is -0.488 e. The van der Waals surface area contributed by atoms with E-state index in [9.17, 15) is 9.90 Å². The highest BCUT2D eigenvalue weighted by Crippen LogP contribution is 2.27. The average molecular weight is 383 g/mol. The summed E-state index contributed by atoms with van der Waals surface area (Å²) in [4.78, 5) is 17.3. The summed E-state index contributed by atoms with van der Waals surface area (Å²) in [6.45, 7) is 2.74. The normalized spacial score (nSPS) is 19.6. The SMILES string of the molecule is CN(C)C[C@@H]1C[C@@H](CO)CN(C(=O)c2ccccc2OCc2ccccc2)C1. The first-order valence-electron chi connectivity index (χ1n) is 9.87. The van der Waals surface area contributed by atoms with E-state index < -0.39 is 0 Å². The monoisotopic (exact) mass is 382 g/mol. The highest BCUT2D eigenvalue weighted by molar-refractivity contribution is 5.97. The number of piperidine rings is 1. The van der Waals surface area contributed by atoms with Crippen LogP contribution in [-0.2, 0) is 6.61 Å². The topological polar surface area (TPSA) is 53.0 Å². The second-order valence-corrected chi connectivity index (χ2v) is 7.89. The molecule has 0 spiro atoms. The van der Waals surface area contributed by atoms with Crippen molar-refractivity contribution >= 4 is 5.91 Å². The molecular formula is C23H30N2O3. The number of carbonyl (C=O) groups is 1. The van der Waals surface area contributed by atoms with Crippen LogP contribution in [0.3, 0.4) is 0 Å². The highest BCUT2D eigenvalue weighted by Gasteiger charge is 2.31. The zero-order valence-corrected chi connectivity index (χ0v) is 16.8. The van der Waals surface area contributed by atoms with Crippen LogP contribution in [0.5, 0.6) is 5.75 Å². The Morgan fingerprint density at radius 2 is 1.75 bits per heavy atom. The van der Waals surface area contributed by atoms with Crippen molar-refractivity contribution in [3.8, 4) is 5.75 Å². The van der Waals surface area contributed by atoms with Gasteiger partial charge in [-0.25, -0.2) is 0 Å². The number of hydrogen-bond donors (Lipinski definition) is 1. The summed E-state index contributed by atoms with van der Waals surface area (Å²) in [5, 5.41) is 9.70. The number of aliphatic hydroxyl groups excluding tert-OH is 1. The van der Waals surface area contributed by atoms with Gasteiger partial charge in [-0.2, -0.15) is 0 Å². The van der Waals surface area contributed by atoms with E-state index in [2.05, 4.69) is 4.90 Å². The molecule has 1 aliphatic rings. The number of nitrogens with zero attached hydrogens (tertiary/aromatic N) is 2. The molecule has 0 bridgehead atoms. The number of hydrogen-bond acceptors (Lipinski definition) is 4. The summed E-state index contributed by atoms with van der Waals surface area (Å²) in [6.07, 6.45) is 0.949. The van der Waals surface area contributed by atoms with Crippen LogP contribution in [0.4, 0.5) is 0 Å². The highest BCUT2D eigenvalue weighted by atomic mass is 16.5. The molecule has 0 radical (unpaired) electrons. The fourth-order valence-corrected chi connectivity index (χ4v) is 3.94. The number of para-hydroxylation sites is 1. The summed E-state index contributed by atoms with van der Waals surface area (Å²) in [5.74, 6) is 1.07. The van der Waals surface area contributed by atoms with Gasteiger partial charge in [-0.3, -0.25) is 4.79 Å². The first kappa shape index (κ1) is 20.4. The molecule has 150 valence electrons. The number of amides is 1. The van der Waals surface area contributed by atoms with E-state index in [0.717, 1.165) is 18.5 Å². The van der Waals surface area contributed by atoms with Crippen molar-refractivity contribution in [1.82, 2.24) is 9.80 Å². The van der Waals surface area contributed by atoms with Gasteiger partial charge in [-0.15, -0.1) is 0 Å². The number of carbonyl (C=O) groups excluding carboxylic acids is 1. The van der Waals surface area contributed by atoms with E-state index in [0.29, 0.717) is 36.9 Å². The third kappa shape index (κ3) is 5.33. The quantitative estimate of drug-likeness (QED) is 0.800. The van der Waals surface area contributed by atoms with E-state index in [1.54, 1.807) is 0 Å². The lowest BCUT2D eigenvalue weighted by Gasteiger charge is -2.38. The van der Waals surface area contributed by atoms with Crippen molar-refractivity contribution < 1.29 is 14.6 Å². The van der Waals surface area contributed by atoms with Crippen molar-refractivity contribution in [2.45, 2.75) is 13.0 Å². The molecule has 2 atom stereocenters. The van der Waals surface area contributed by atoms with Gasteiger partial charge in [0, 0.05) is 26.2 Å². The smallest absolute Gasteiger partial charge is 0.257 e. The third-order valence-electron chi connectivity index (χ3n) is 5.15. The molecule has 5 nitrogen and oxygen atoms in total. The number of rotatable bonds is 7. The van der Waals surface area contributed by atoms with Crippen LogP contribution in [0.2, 0.25) is 0 Å². The number of aliphatic hydroxyl groups is 1. The van der Waals surface area contributed by atoms with Crippen molar-refractivity contribution in [3.05, 3.63) is 65.7 Å². The molecule has 3 rings (SSSR count). The lowest BCUT2D eigenvalue weighted by molar-refractivity contribution is 0.0474. The fraction of sp³-hybridized carbons (Fsp3) is 0.435. The third-order valence-corrected chi connectivity index (χ3v) is 5.15. The Labute approximate surface area is 167 Å². The molecule has 0 aliphatic carbocycles. The molecular weight excluding hydrogens is 352 g/mol. The first-order chi connectivity index (χ1) is 13.6. The summed E-state index contributed by atoms with van der Waals surface area (Å²) < 4.78 is 5.97. The molecule has 0 aromatic heterocycles. The Morgan fingerprint density at radius 3 is 2.46 bits per heavy atom. The molecule has 28 heavy (non-hydrogen) atoms. The Kier molecular flexibility index (Phi) is 7.06. The maximum absolute atomic E-state index is 13.3. The maximum Gasteiger partial charge on any atom is 0.257 e. The molecule has 1 aliphatic heterocycles. The Morgan fingerprint density at radius 1 is 1.07 bits per heavy atom. The summed E-state index contributed by atoms with van der Waals surface area (Å²) in [5.41, 5.74) is 1.65. The van der Waals surface area contributed by atoms with Gasteiger partial charge in [0.2, 0.25) is 0 Å². The lowest BCUT2D eigenvalue weighted by Crippen LogP contribution is -2.47. The zero-order valence-electron chi connectivity index (χ0n) is 16.8. The van der Waals surface area contributed by atoms with Crippen LogP contribution < -0.4 is 4.74 Å². The molecule has 1 fully saturated rings. The van der Waals surface area contributed by atoms with Gasteiger partial charge in [-0.05, 0) is 50.0 Å². The Hall–Kier alpha value is -2.37. The number of benzene rings is 2. The van der Waals surface area contributed by atoms with Crippen molar-refractivity contribution in [1.29, 1.82) is 0 Å². The van der Waals surface area contributed by atoms with Crippen LogP contribution in [0.25, 0.3) is 0 Å². The Bertz CT molecular complexity index is 763. The lowest BCUT2D eigenvalue weighted by atomic mass is 9.89. The van der Waals surface area contributed by atoms with Crippen molar-refractivity contribution in [2.75, 3.05) is 40.3 Å². The second-order valence-electron chi connectivity index (χ2n) is 7.89. The average Bonchev–Trinajstić information content (AvgIpc) is 2.72. The molecule has 1 amide bonds. The first-order valence-corrected chi connectivity index (χ1v) is 9.87. The minimum atomic E-state index is -0.0226. The maximum atomic E-state index is 13.3. The molecule has 0 unspecified atom stereocenters. The predicted molar refractivity (Wildman–Crippen MR) is 110 cm³/mol. The summed E-state index contributed by atoms with van der Waals surface area (Å²) in [6, 6.07) is 17.4. The van der Waals surface area contributed by atoms with Crippen molar-refractivity contribution in [2.24, 2.45) is 11.8 Å². The number of ether oxygens (including phenoxy) is 1. The van der Waals surface area contributed by atoms with E-state index in [1.807, 2.05) is 73.6 Å². The van der Waals surface area contributed by atoms with Crippen LogP contribution in [0.1, 0.15) is 22.3 Å².